The smallest absolute Gasteiger partial charge is 0.119 e. The number of aliphatic hydroxyl groups is 1. The Bertz CT molecular complexity index is 531. The van der Waals surface area contributed by atoms with E-state index in [4.69, 9.17) is 4.74 Å². The molecule has 0 saturated carbocycles. The van der Waals surface area contributed by atoms with Gasteiger partial charge in [0, 0.05) is 25.5 Å². The molecule has 4 nitrogen and oxygen atoms in total. The maximum absolute atomic E-state index is 9.91. The lowest BCUT2D eigenvalue weighted by molar-refractivity contribution is 0.106. The summed E-state index contributed by atoms with van der Waals surface area (Å²) in [4.78, 5) is 4.05. The number of benzene rings is 1. The standard InChI is InChI=1S/C17H22N2O2/c1-2-14-5-3-7-17(9-14)21-13-16(20)12-19-11-15-6-4-8-18-10-15/h3-10,16,19-20H,2,11-13H2,1H3/t16-/m1/s1. The fraction of sp³-hybridized carbons (Fsp3) is 0.353. The zero-order chi connectivity index (χ0) is 14.9. The van der Waals surface area contributed by atoms with Crippen LogP contribution in [-0.2, 0) is 13.0 Å². The molecule has 0 amide bonds. The van der Waals surface area contributed by atoms with Gasteiger partial charge >= 0.3 is 0 Å². The first-order valence-corrected chi connectivity index (χ1v) is 7.27. The second kappa shape index (κ2) is 8.39. The van der Waals surface area contributed by atoms with E-state index in [9.17, 15) is 5.11 Å². The van der Waals surface area contributed by atoms with E-state index in [1.807, 2.05) is 36.5 Å². The molecule has 21 heavy (non-hydrogen) atoms. The predicted molar refractivity (Wildman–Crippen MR) is 83.3 cm³/mol. The van der Waals surface area contributed by atoms with Crippen LogP contribution in [0.15, 0.2) is 48.8 Å². The van der Waals surface area contributed by atoms with E-state index in [-0.39, 0.29) is 6.61 Å². The van der Waals surface area contributed by atoms with Gasteiger partial charge in [0.25, 0.3) is 0 Å². The van der Waals surface area contributed by atoms with Crippen LogP contribution in [0.25, 0.3) is 0 Å². The number of hydrogen-bond acceptors (Lipinski definition) is 4. The number of nitrogens with zero attached hydrogens (tertiary/aromatic N) is 1. The number of rotatable bonds is 8. The number of aryl methyl sites for hydroxylation is 1. The number of pyridine rings is 1. The largest absolute Gasteiger partial charge is 0.491 e. The molecule has 1 heterocycles. The summed E-state index contributed by atoms with van der Waals surface area (Å²) in [6.07, 6.45) is 4.00. The van der Waals surface area contributed by atoms with Crippen molar-refractivity contribution in [3.63, 3.8) is 0 Å². The number of hydrogen-bond donors (Lipinski definition) is 2. The average Bonchev–Trinajstić information content (AvgIpc) is 2.54. The van der Waals surface area contributed by atoms with E-state index in [1.54, 1.807) is 6.20 Å². The van der Waals surface area contributed by atoms with Gasteiger partial charge in [-0.2, -0.15) is 0 Å². The van der Waals surface area contributed by atoms with E-state index in [1.165, 1.54) is 5.56 Å². The maximum Gasteiger partial charge on any atom is 0.119 e. The van der Waals surface area contributed by atoms with Crippen molar-refractivity contribution < 1.29 is 9.84 Å². The molecule has 0 aliphatic carbocycles. The number of aliphatic hydroxyl groups excluding tert-OH is 1. The molecule has 0 bridgehead atoms. The topological polar surface area (TPSA) is 54.4 Å². The van der Waals surface area contributed by atoms with Gasteiger partial charge in [-0.1, -0.05) is 25.1 Å². The molecule has 2 N–H and O–H groups in total. The van der Waals surface area contributed by atoms with Gasteiger partial charge in [0.05, 0.1) is 0 Å². The van der Waals surface area contributed by atoms with E-state index < -0.39 is 6.10 Å². The van der Waals surface area contributed by atoms with Crippen LogP contribution in [0.1, 0.15) is 18.1 Å². The third-order valence-electron chi connectivity index (χ3n) is 3.18. The summed E-state index contributed by atoms with van der Waals surface area (Å²) < 4.78 is 5.61. The number of nitrogens with one attached hydrogen (secondary N) is 1. The zero-order valence-electron chi connectivity index (χ0n) is 12.3. The summed E-state index contributed by atoms with van der Waals surface area (Å²) in [5, 5.41) is 13.1. The summed E-state index contributed by atoms with van der Waals surface area (Å²) in [6.45, 7) is 3.57. The molecule has 0 aliphatic rings. The molecule has 0 saturated heterocycles. The van der Waals surface area contributed by atoms with Crippen LogP contribution in [-0.4, -0.2) is 29.3 Å². The highest BCUT2D eigenvalue weighted by Gasteiger charge is 2.05. The Kier molecular flexibility index (Phi) is 6.19. The Morgan fingerprint density at radius 1 is 1.24 bits per heavy atom. The van der Waals surface area contributed by atoms with Crippen LogP contribution >= 0.6 is 0 Å². The zero-order valence-corrected chi connectivity index (χ0v) is 12.3. The molecule has 0 radical (unpaired) electrons. The highest BCUT2D eigenvalue weighted by atomic mass is 16.5. The molecular formula is C17H22N2O2. The summed E-state index contributed by atoms with van der Waals surface area (Å²) in [7, 11) is 0. The van der Waals surface area contributed by atoms with E-state index in [0.29, 0.717) is 13.1 Å². The Hall–Kier alpha value is -1.91. The molecule has 4 heteroatoms. The first-order chi connectivity index (χ1) is 10.3. The third kappa shape index (κ3) is 5.53. The van der Waals surface area contributed by atoms with Crippen molar-refractivity contribution in [1.82, 2.24) is 10.3 Å². The average molecular weight is 286 g/mol. The third-order valence-corrected chi connectivity index (χ3v) is 3.18. The van der Waals surface area contributed by atoms with E-state index in [0.717, 1.165) is 17.7 Å². The van der Waals surface area contributed by atoms with Gasteiger partial charge in [0.1, 0.15) is 18.5 Å². The minimum Gasteiger partial charge on any atom is -0.491 e. The Balaban J connectivity index is 1.68. The second-order valence-corrected chi connectivity index (χ2v) is 4.96. The molecular weight excluding hydrogens is 264 g/mol. The van der Waals surface area contributed by atoms with Crippen LogP contribution in [0.4, 0.5) is 0 Å². The van der Waals surface area contributed by atoms with Crippen molar-refractivity contribution in [1.29, 1.82) is 0 Å². The number of aromatic nitrogens is 1. The number of ether oxygens (including phenoxy) is 1. The maximum atomic E-state index is 9.91. The van der Waals surface area contributed by atoms with Gasteiger partial charge in [0.15, 0.2) is 0 Å². The summed E-state index contributed by atoms with van der Waals surface area (Å²) >= 11 is 0. The van der Waals surface area contributed by atoms with Gasteiger partial charge < -0.3 is 15.2 Å². The lowest BCUT2D eigenvalue weighted by atomic mass is 10.2. The summed E-state index contributed by atoms with van der Waals surface area (Å²) in [6, 6.07) is 11.9. The van der Waals surface area contributed by atoms with Crippen molar-refractivity contribution in [3.8, 4) is 5.75 Å². The van der Waals surface area contributed by atoms with Crippen molar-refractivity contribution >= 4 is 0 Å². The van der Waals surface area contributed by atoms with Crippen LogP contribution in [0.3, 0.4) is 0 Å². The van der Waals surface area contributed by atoms with Gasteiger partial charge in [-0.05, 0) is 35.7 Å². The van der Waals surface area contributed by atoms with Crippen molar-refractivity contribution in [2.24, 2.45) is 0 Å². The lowest BCUT2D eigenvalue weighted by Gasteiger charge is -2.13. The SMILES string of the molecule is CCc1cccc(OC[C@H](O)CNCc2cccnc2)c1. The van der Waals surface area contributed by atoms with Gasteiger partial charge in [-0.15, -0.1) is 0 Å². The molecule has 2 rings (SSSR count). The molecule has 0 spiro atoms. The predicted octanol–water partition coefficient (Wildman–Crippen LogP) is 2.17. The van der Waals surface area contributed by atoms with Crippen molar-refractivity contribution in [2.45, 2.75) is 26.0 Å². The Morgan fingerprint density at radius 2 is 2.10 bits per heavy atom. The minimum atomic E-state index is -0.535. The second-order valence-electron chi connectivity index (χ2n) is 4.96. The Morgan fingerprint density at radius 3 is 2.86 bits per heavy atom. The molecule has 0 aliphatic heterocycles. The van der Waals surface area contributed by atoms with E-state index >= 15 is 0 Å². The van der Waals surface area contributed by atoms with Crippen LogP contribution in [0.2, 0.25) is 0 Å². The minimum absolute atomic E-state index is 0.285. The summed E-state index contributed by atoms with van der Waals surface area (Å²) in [5.74, 6) is 0.806. The first kappa shape index (κ1) is 15.5. The van der Waals surface area contributed by atoms with Gasteiger partial charge in [-0.3, -0.25) is 4.98 Å². The lowest BCUT2D eigenvalue weighted by Crippen LogP contribution is -2.31. The van der Waals surface area contributed by atoms with Gasteiger partial charge in [-0.25, -0.2) is 0 Å². The van der Waals surface area contributed by atoms with Crippen LogP contribution < -0.4 is 10.1 Å². The molecule has 2 aromatic rings. The van der Waals surface area contributed by atoms with E-state index in [2.05, 4.69) is 23.3 Å². The summed E-state index contributed by atoms with van der Waals surface area (Å²) in [5.41, 5.74) is 2.33. The normalized spacial score (nSPS) is 12.1. The molecule has 0 unspecified atom stereocenters. The van der Waals surface area contributed by atoms with Crippen molar-refractivity contribution in [2.75, 3.05) is 13.2 Å². The Labute approximate surface area is 125 Å². The molecule has 1 aromatic heterocycles. The molecule has 112 valence electrons. The van der Waals surface area contributed by atoms with Crippen molar-refractivity contribution in [3.05, 3.63) is 59.9 Å². The van der Waals surface area contributed by atoms with Crippen LogP contribution in [0.5, 0.6) is 5.75 Å². The highest BCUT2D eigenvalue weighted by Crippen LogP contribution is 2.13. The quantitative estimate of drug-likeness (QED) is 0.781. The van der Waals surface area contributed by atoms with Crippen LogP contribution in [0, 0.1) is 0 Å². The fourth-order valence-corrected chi connectivity index (χ4v) is 1.99. The fourth-order valence-electron chi connectivity index (χ4n) is 1.99. The highest BCUT2D eigenvalue weighted by molar-refractivity contribution is 5.28. The monoisotopic (exact) mass is 286 g/mol. The molecule has 0 fully saturated rings. The van der Waals surface area contributed by atoms with Gasteiger partial charge in [0.2, 0.25) is 0 Å². The molecule has 1 atom stereocenters. The first-order valence-electron chi connectivity index (χ1n) is 7.27. The molecule has 1 aromatic carbocycles.